The molecule has 42 heavy (non-hydrogen) atoms. The van der Waals surface area contributed by atoms with Crippen LogP contribution >= 0.6 is 0 Å². The van der Waals surface area contributed by atoms with E-state index in [4.69, 9.17) is 10.6 Å². The summed E-state index contributed by atoms with van der Waals surface area (Å²) < 4.78 is 0. The van der Waals surface area contributed by atoms with Crippen molar-refractivity contribution in [2.45, 2.75) is 152 Å². The Kier molecular flexibility index (Phi) is 9.87. The number of nitrogens with one attached hydrogen (secondary N) is 6. The summed E-state index contributed by atoms with van der Waals surface area (Å²) in [4.78, 5) is 0. The molecule has 9 rings (SSSR count). The quantitative estimate of drug-likeness (QED) is 0.194. The Bertz CT molecular complexity index is 721. The van der Waals surface area contributed by atoms with Crippen molar-refractivity contribution in [3.05, 3.63) is 10.6 Å². The molecule has 9 aliphatic rings. The van der Waals surface area contributed by atoms with Gasteiger partial charge in [0, 0.05) is 0 Å². The fourth-order valence-electron chi connectivity index (χ4n) is 11.7. The van der Waals surface area contributed by atoms with Crippen molar-refractivity contribution in [2.75, 3.05) is 0 Å². The van der Waals surface area contributed by atoms with Gasteiger partial charge in [0.15, 0.2) is 0 Å². The Hall–Kier alpha value is 0.875. The number of fused-ring (bicyclic) bond motifs is 20. The van der Waals surface area contributed by atoms with Crippen molar-refractivity contribution in [3.63, 3.8) is 0 Å². The van der Waals surface area contributed by atoms with Crippen LogP contribution in [0.1, 0.15) is 103 Å². The van der Waals surface area contributed by atoms with E-state index >= 15 is 0 Å². The number of nitrogens with zero attached hydrogens (tertiary/aromatic N) is 2. The molecule has 5 saturated heterocycles. The topological polar surface area (TPSA) is 100 Å². The van der Waals surface area contributed by atoms with Crippen LogP contribution in [0.2, 0.25) is 0 Å². The molecule has 0 radical (unpaired) electrons. The Balaban J connectivity index is 0.00000144. The molecule has 16 unspecified atom stereocenters. The van der Waals surface area contributed by atoms with Gasteiger partial charge in [-0.25, -0.2) is 0 Å². The SMILES string of the molecule is C1CCC2C3[N-]C(NC4[N-]C(NC5NC(NC6NC(N3)C3CCCCC63)C3CCCCC53)C3CCCCC43)C2C1.[Li+].[Li+]. The van der Waals surface area contributed by atoms with Crippen LogP contribution in [0, 0.1) is 47.3 Å². The molecule has 5 aliphatic heterocycles. The van der Waals surface area contributed by atoms with Crippen LogP contribution in [0.25, 0.3) is 10.6 Å². The summed E-state index contributed by atoms with van der Waals surface area (Å²) in [5.74, 6) is 5.59. The van der Waals surface area contributed by atoms with Gasteiger partial charge >= 0.3 is 37.7 Å². The van der Waals surface area contributed by atoms with E-state index < -0.39 is 0 Å². The average Bonchev–Trinajstić information content (AvgIpc) is 3.73. The van der Waals surface area contributed by atoms with Crippen LogP contribution < -0.4 is 69.6 Å². The predicted octanol–water partition coefficient (Wildman–Crippen LogP) is -1.82. The van der Waals surface area contributed by atoms with Gasteiger partial charge in [0.2, 0.25) is 0 Å². The molecule has 16 atom stereocenters. The average molecular weight is 565 g/mol. The van der Waals surface area contributed by atoms with Gasteiger partial charge in [-0.05, 0) is 73.0 Å². The summed E-state index contributed by atoms with van der Waals surface area (Å²) >= 11 is 0. The molecular formula is C32H54Li2N8. The zero-order chi connectivity index (χ0) is 26.2. The second-order valence-electron chi connectivity index (χ2n) is 15.4. The van der Waals surface area contributed by atoms with E-state index in [0.717, 1.165) is 23.7 Å². The minimum atomic E-state index is 0. The van der Waals surface area contributed by atoms with Crippen molar-refractivity contribution < 1.29 is 37.7 Å². The van der Waals surface area contributed by atoms with Crippen molar-refractivity contribution in [1.29, 1.82) is 0 Å². The first-order valence-electron chi connectivity index (χ1n) is 17.8. The second-order valence-corrected chi connectivity index (χ2v) is 15.4. The van der Waals surface area contributed by atoms with Gasteiger partial charge in [-0.3, -0.25) is 16.0 Å². The van der Waals surface area contributed by atoms with Crippen LogP contribution in [0.5, 0.6) is 0 Å². The van der Waals surface area contributed by atoms with Gasteiger partial charge in [-0.2, -0.15) is 0 Å². The van der Waals surface area contributed by atoms with Gasteiger partial charge in [0.25, 0.3) is 0 Å². The molecule has 4 saturated carbocycles. The number of hydrogen-bond donors (Lipinski definition) is 6. The maximum absolute atomic E-state index is 5.60. The Labute approximate surface area is 278 Å². The maximum Gasteiger partial charge on any atom is 1.00 e. The first-order valence-corrected chi connectivity index (χ1v) is 17.8. The van der Waals surface area contributed by atoms with Gasteiger partial charge in [0.05, 0.1) is 24.7 Å². The normalized spacial score (nSPS) is 54.9. The van der Waals surface area contributed by atoms with Crippen LogP contribution in [-0.2, 0) is 0 Å². The van der Waals surface area contributed by atoms with Gasteiger partial charge < -0.3 is 26.6 Å². The van der Waals surface area contributed by atoms with Crippen LogP contribution in [0.15, 0.2) is 0 Å². The molecule has 0 aromatic rings. The standard InChI is InChI=1S/C32H54N8.2Li/c1-2-10-18-17(9-1)25-33-26(18)38-28-21-13-5-6-14-22(21)30(35-28)40-32-24-16-8-7-15-23(24)31(36-32)39-29-20-12-4-3-11-19(20)27(34-29)37-25;;/h17-34,37-40H,1-16H2;;/q-2;2*+1. The zero-order valence-corrected chi connectivity index (χ0v) is 26.4. The fraction of sp³-hybridized carbons (Fsp3) is 1.00. The first kappa shape index (κ1) is 31.5. The Morgan fingerprint density at radius 1 is 0.286 bits per heavy atom. The van der Waals surface area contributed by atoms with Gasteiger partial charge in [-0.1, -0.05) is 102 Å². The van der Waals surface area contributed by atoms with Crippen molar-refractivity contribution in [1.82, 2.24) is 31.9 Å². The number of hydrogen-bond acceptors (Lipinski definition) is 6. The maximum atomic E-state index is 5.60. The van der Waals surface area contributed by atoms with Crippen molar-refractivity contribution >= 4 is 0 Å². The minimum Gasteiger partial charge on any atom is -0.632 e. The molecule has 5 heterocycles. The van der Waals surface area contributed by atoms with Crippen LogP contribution in [-0.4, -0.2) is 49.3 Å². The summed E-state index contributed by atoms with van der Waals surface area (Å²) in [5.41, 5.74) is 0. The molecule has 10 heteroatoms. The molecular weight excluding hydrogens is 510 g/mol. The molecule has 0 aromatic heterocycles. The van der Waals surface area contributed by atoms with E-state index in [1.807, 2.05) is 0 Å². The summed E-state index contributed by atoms with van der Waals surface area (Å²) in [5, 5.41) is 36.3. The van der Waals surface area contributed by atoms with Crippen molar-refractivity contribution in [2.24, 2.45) is 47.3 Å². The van der Waals surface area contributed by atoms with Gasteiger partial charge in [-0.15, -0.1) is 0 Å². The third-order valence-corrected chi connectivity index (χ3v) is 13.6. The van der Waals surface area contributed by atoms with E-state index in [0.29, 0.717) is 48.3 Å². The van der Waals surface area contributed by atoms with Gasteiger partial charge in [0.1, 0.15) is 0 Å². The van der Waals surface area contributed by atoms with E-state index in [2.05, 4.69) is 31.9 Å². The van der Waals surface area contributed by atoms with E-state index in [-0.39, 0.29) is 62.4 Å². The fourth-order valence-corrected chi connectivity index (χ4v) is 11.7. The first-order chi connectivity index (χ1) is 19.8. The minimum absolute atomic E-state index is 0. The van der Waals surface area contributed by atoms with E-state index in [9.17, 15) is 0 Å². The number of rotatable bonds is 0. The summed E-state index contributed by atoms with van der Waals surface area (Å²) in [6.07, 6.45) is 24.5. The Morgan fingerprint density at radius 3 is 0.833 bits per heavy atom. The molecule has 4 aliphatic carbocycles. The molecule has 6 N–H and O–H groups in total. The zero-order valence-electron chi connectivity index (χ0n) is 26.4. The molecule has 224 valence electrons. The second kappa shape index (κ2) is 13.2. The smallest absolute Gasteiger partial charge is 0.632 e. The third-order valence-electron chi connectivity index (χ3n) is 13.6. The summed E-state index contributed by atoms with van der Waals surface area (Å²) in [6, 6.07) is 0. The van der Waals surface area contributed by atoms with Crippen molar-refractivity contribution in [3.8, 4) is 0 Å². The van der Waals surface area contributed by atoms with E-state index in [1.54, 1.807) is 0 Å². The van der Waals surface area contributed by atoms with Crippen LogP contribution in [0.3, 0.4) is 0 Å². The largest absolute Gasteiger partial charge is 1.00 e. The van der Waals surface area contributed by atoms with Crippen LogP contribution in [0.4, 0.5) is 0 Å². The molecule has 9 fully saturated rings. The molecule has 8 nitrogen and oxygen atoms in total. The third kappa shape index (κ3) is 5.48. The molecule has 0 aromatic carbocycles. The summed E-state index contributed by atoms with van der Waals surface area (Å²) in [6.45, 7) is 0. The monoisotopic (exact) mass is 564 g/mol. The molecule has 0 amide bonds. The Morgan fingerprint density at radius 2 is 0.524 bits per heavy atom. The predicted molar refractivity (Wildman–Crippen MR) is 158 cm³/mol. The van der Waals surface area contributed by atoms with E-state index in [1.165, 1.54) is 103 Å². The summed E-state index contributed by atoms with van der Waals surface area (Å²) in [7, 11) is 0. The molecule has 8 bridgehead atoms. The molecule has 0 spiro atoms.